The molecule has 0 spiro atoms. The normalized spacial score (nSPS) is 13.8. The van der Waals surface area contributed by atoms with Gasteiger partial charge in [-0.25, -0.2) is 4.68 Å². The molecular weight excluding hydrogens is 418 g/mol. The molecule has 1 aromatic heterocycles. The van der Waals surface area contributed by atoms with Crippen molar-refractivity contribution in [2.24, 2.45) is 0 Å². The fraction of sp³-hybridized carbons (Fsp3) is 0.286. The SMILES string of the molecule is O=C(Cc1ccc(-n2cnnn2)cc1)NCC(=O)N1CCN(c2ccc(Cl)cc2)CC1. The predicted octanol–water partition coefficient (Wildman–Crippen LogP) is 1.32. The van der Waals surface area contributed by atoms with Crippen molar-refractivity contribution in [2.75, 3.05) is 37.6 Å². The van der Waals surface area contributed by atoms with Gasteiger partial charge in [-0.05, 0) is 52.4 Å². The van der Waals surface area contributed by atoms with Crippen LogP contribution >= 0.6 is 11.6 Å². The highest BCUT2D eigenvalue weighted by atomic mass is 35.5. The van der Waals surface area contributed by atoms with Gasteiger partial charge in [0, 0.05) is 36.9 Å². The second kappa shape index (κ2) is 9.57. The minimum atomic E-state index is -0.191. The van der Waals surface area contributed by atoms with Crippen LogP contribution in [0.3, 0.4) is 0 Å². The number of benzene rings is 2. The number of aromatic nitrogens is 4. The van der Waals surface area contributed by atoms with E-state index in [1.165, 1.54) is 11.0 Å². The van der Waals surface area contributed by atoms with Gasteiger partial charge in [-0.3, -0.25) is 9.59 Å². The number of rotatable bonds is 6. The highest BCUT2D eigenvalue weighted by Gasteiger charge is 2.21. The smallest absolute Gasteiger partial charge is 0.242 e. The van der Waals surface area contributed by atoms with Crippen LogP contribution in [0.1, 0.15) is 5.56 Å². The lowest BCUT2D eigenvalue weighted by Crippen LogP contribution is -2.51. The van der Waals surface area contributed by atoms with E-state index >= 15 is 0 Å². The van der Waals surface area contributed by atoms with E-state index in [0.29, 0.717) is 18.1 Å². The Morgan fingerprint density at radius 2 is 1.61 bits per heavy atom. The summed E-state index contributed by atoms with van der Waals surface area (Å²) in [5, 5.41) is 14.4. The molecule has 0 bridgehead atoms. The summed E-state index contributed by atoms with van der Waals surface area (Å²) in [6.07, 6.45) is 1.70. The average molecular weight is 440 g/mol. The predicted molar refractivity (Wildman–Crippen MR) is 116 cm³/mol. The number of amides is 2. The van der Waals surface area contributed by atoms with E-state index in [2.05, 4.69) is 25.7 Å². The van der Waals surface area contributed by atoms with Crippen molar-refractivity contribution >= 4 is 29.1 Å². The summed E-state index contributed by atoms with van der Waals surface area (Å²) in [6, 6.07) is 15.1. The Kier molecular flexibility index (Phi) is 6.42. The first kappa shape index (κ1) is 20.8. The molecule has 1 N–H and O–H groups in total. The summed E-state index contributed by atoms with van der Waals surface area (Å²) in [4.78, 5) is 28.7. The molecule has 1 aliphatic rings. The third kappa shape index (κ3) is 5.37. The Hall–Kier alpha value is -3.46. The van der Waals surface area contributed by atoms with Crippen LogP contribution in [0.25, 0.3) is 5.69 Å². The molecule has 2 aromatic carbocycles. The monoisotopic (exact) mass is 439 g/mol. The number of tetrazole rings is 1. The Morgan fingerprint density at radius 1 is 0.935 bits per heavy atom. The highest BCUT2D eigenvalue weighted by molar-refractivity contribution is 6.30. The van der Waals surface area contributed by atoms with E-state index in [1.807, 2.05) is 48.5 Å². The van der Waals surface area contributed by atoms with Crippen LogP contribution in [-0.2, 0) is 16.0 Å². The van der Waals surface area contributed by atoms with Gasteiger partial charge in [-0.15, -0.1) is 5.10 Å². The molecule has 0 unspecified atom stereocenters. The maximum atomic E-state index is 12.5. The van der Waals surface area contributed by atoms with Crippen LogP contribution < -0.4 is 10.2 Å². The van der Waals surface area contributed by atoms with E-state index in [4.69, 9.17) is 11.6 Å². The number of anilines is 1. The number of carbonyl (C=O) groups is 2. The van der Waals surface area contributed by atoms with Crippen molar-refractivity contribution in [3.63, 3.8) is 0 Å². The highest BCUT2D eigenvalue weighted by Crippen LogP contribution is 2.19. The van der Waals surface area contributed by atoms with Crippen LogP contribution in [0.4, 0.5) is 5.69 Å². The molecule has 0 atom stereocenters. The zero-order valence-corrected chi connectivity index (χ0v) is 17.6. The Balaban J connectivity index is 1.21. The summed E-state index contributed by atoms with van der Waals surface area (Å²) >= 11 is 5.94. The van der Waals surface area contributed by atoms with Gasteiger partial charge in [-0.1, -0.05) is 23.7 Å². The molecule has 0 saturated carbocycles. The molecule has 2 amide bonds. The maximum absolute atomic E-state index is 12.5. The molecule has 4 rings (SSSR count). The largest absolute Gasteiger partial charge is 0.368 e. The van der Waals surface area contributed by atoms with E-state index < -0.39 is 0 Å². The van der Waals surface area contributed by atoms with Crippen molar-refractivity contribution in [1.29, 1.82) is 0 Å². The zero-order valence-electron chi connectivity index (χ0n) is 16.8. The van der Waals surface area contributed by atoms with Crippen molar-refractivity contribution in [1.82, 2.24) is 30.4 Å². The van der Waals surface area contributed by atoms with Gasteiger partial charge in [0.15, 0.2) is 0 Å². The summed E-state index contributed by atoms with van der Waals surface area (Å²) in [5.74, 6) is -0.263. The average Bonchev–Trinajstić information content (AvgIpc) is 3.34. The number of hydrogen-bond donors (Lipinski definition) is 1. The van der Waals surface area contributed by atoms with Gasteiger partial charge < -0.3 is 15.1 Å². The summed E-state index contributed by atoms with van der Waals surface area (Å²) in [5.41, 5.74) is 2.75. The van der Waals surface area contributed by atoms with Gasteiger partial charge in [-0.2, -0.15) is 0 Å². The van der Waals surface area contributed by atoms with Gasteiger partial charge in [0.25, 0.3) is 0 Å². The van der Waals surface area contributed by atoms with Crippen molar-refractivity contribution in [2.45, 2.75) is 6.42 Å². The number of hydrogen-bond acceptors (Lipinski definition) is 6. The third-order valence-electron chi connectivity index (χ3n) is 5.18. The molecule has 1 aliphatic heterocycles. The molecule has 1 fully saturated rings. The number of halogens is 1. The second-order valence-electron chi connectivity index (χ2n) is 7.22. The molecule has 0 aliphatic carbocycles. The van der Waals surface area contributed by atoms with E-state index in [9.17, 15) is 9.59 Å². The lowest BCUT2D eigenvalue weighted by Gasteiger charge is -2.36. The van der Waals surface area contributed by atoms with Gasteiger partial charge in [0.1, 0.15) is 6.33 Å². The van der Waals surface area contributed by atoms with Crippen LogP contribution in [0.5, 0.6) is 0 Å². The fourth-order valence-corrected chi connectivity index (χ4v) is 3.57. The topological polar surface area (TPSA) is 96.2 Å². The molecule has 9 nitrogen and oxygen atoms in total. The Labute approximate surface area is 184 Å². The first-order chi connectivity index (χ1) is 15.1. The van der Waals surface area contributed by atoms with Gasteiger partial charge >= 0.3 is 0 Å². The number of nitrogens with zero attached hydrogens (tertiary/aromatic N) is 6. The molecule has 10 heteroatoms. The van der Waals surface area contributed by atoms with Crippen molar-refractivity contribution in [3.05, 3.63) is 65.4 Å². The van der Waals surface area contributed by atoms with Gasteiger partial charge in [0.2, 0.25) is 11.8 Å². The van der Waals surface area contributed by atoms with Gasteiger partial charge in [0.05, 0.1) is 18.7 Å². The maximum Gasteiger partial charge on any atom is 0.242 e. The lowest BCUT2D eigenvalue weighted by atomic mass is 10.1. The molecule has 3 aromatic rings. The van der Waals surface area contributed by atoms with Crippen LogP contribution in [0, 0.1) is 0 Å². The molecule has 1 saturated heterocycles. The zero-order chi connectivity index (χ0) is 21.6. The minimum Gasteiger partial charge on any atom is -0.368 e. The van der Waals surface area contributed by atoms with Crippen molar-refractivity contribution in [3.8, 4) is 5.69 Å². The minimum absolute atomic E-state index is 0.00247. The number of carbonyl (C=O) groups excluding carboxylic acids is 2. The van der Waals surface area contributed by atoms with Crippen LogP contribution in [0.15, 0.2) is 54.9 Å². The van der Waals surface area contributed by atoms with E-state index in [1.54, 1.807) is 4.90 Å². The fourth-order valence-electron chi connectivity index (χ4n) is 3.45. The van der Waals surface area contributed by atoms with E-state index in [0.717, 1.165) is 30.0 Å². The quantitative estimate of drug-likeness (QED) is 0.622. The number of piperazine rings is 1. The number of nitrogens with one attached hydrogen (secondary N) is 1. The standard InChI is InChI=1S/C21H22ClN7O2/c22-17-3-7-18(8-4-17)27-9-11-28(12-10-27)21(31)14-23-20(30)13-16-1-5-19(6-2-16)29-15-24-25-26-29/h1-8,15H,9-14H2,(H,23,30). The Morgan fingerprint density at radius 3 is 2.26 bits per heavy atom. The van der Waals surface area contributed by atoms with E-state index in [-0.39, 0.29) is 24.8 Å². The summed E-state index contributed by atoms with van der Waals surface area (Å²) in [6.45, 7) is 2.73. The molecular formula is C21H22ClN7O2. The lowest BCUT2D eigenvalue weighted by molar-refractivity contribution is -0.133. The first-order valence-corrected chi connectivity index (χ1v) is 10.3. The molecule has 2 heterocycles. The Bertz CT molecular complexity index is 1010. The molecule has 31 heavy (non-hydrogen) atoms. The van der Waals surface area contributed by atoms with Crippen LogP contribution in [-0.4, -0.2) is 69.6 Å². The molecule has 160 valence electrons. The second-order valence-corrected chi connectivity index (χ2v) is 7.66. The summed E-state index contributed by atoms with van der Waals surface area (Å²) in [7, 11) is 0. The summed E-state index contributed by atoms with van der Waals surface area (Å²) < 4.78 is 1.54. The third-order valence-corrected chi connectivity index (χ3v) is 5.43. The van der Waals surface area contributed by atoms with Crippen LogP contribution in [0.2, 0.25) is 5.02 Å². The molecule has 0 radical (unpaired) electrons. The van der Waals surface area contributed by atoms with Crippen molar-refractivity contribution < 1.29 is 9.59 Å². The first-order valence-electron chi connectivity index (χ1n) is 9.96.